The van der Waals surface area contributed by atoms with E-state index in [2.05, 4.69) is 58.3 Å². The smallest absolute Gasteiger partial charge is 0.0402 e. The highest BCUT2D eigenvalue weighted by Crippen LogP contribution is 2.31. The Morgan fingerprint density at radius 1 is 0.739 bits per heavy atom. The number of nitrogens with zero attached hydrogens (tertiary/aromatic N) is 2. The molecule has 2 nitrogen and oxygen atoms in total. The predicted molar refractivity (Wildman–Crippen MR) is 97.0 cm³/mol. The number of hydrogen-bond acceptors (Lipinski definition) is 2. The van der Waals surface area contributed by atoms with E-state index in [4.69, 9.17) is 0 Å². The fraction of sp³-hybridized carbons (Fsp3) is 0.429. The molecule has 1 fully saturated rings. The second-order valence-corrected chi connectivity index (χ2v) is 6.87. The summed E-state index contributed by atoms with van der Waals surface area (Å²) in [4.78, 5) is 5.20. The SMILES string of the molecule is c1ccc(CN2CCN(c3cccc4c3CCCC4)CC2)cc1. The molecule has 0 atom stereocenters. The third kappa shape index (κ3) is 3.28. The van der Waals surface area contributed by atoms with E-state index in [-0.39, 0.29) is 0 Å². The molecule has 0 bridgehead atoms. The predicted octanol–water partition coefficient (Wildman–Crippen LogP) is 3.89. The van der Waals surface area contributed by atoms with Crippen LogP contribution in [0, 0.1) is 0 Å². The van der Waals surface area contributed by atoms with Gasteiger partial charge in [-0.2, -0.15) is 0 Å². The molecule has 0 amide bonds. The minimum atomic E-state index is 1.08. The lowest BCUT2D eigenvalue weighted by molar-refractivity contribution is 0.249. The van der Waals surface area contributed by atoms with Crippen LogP contribution in [-0.4, -0.2) is 31.1 Å². The molecule has 0 spiro atoms. The molecule has 0 saturated carbocycles. The van der Waals surface area contributed by atoms with Gasteiger partial charge in [-0.15, -0.1) is 0 Å². The molecule has 2 heteroatoms. The van der Waals surface area contributed by atoms with Crippen molar-refractivity contribution in [3.05, 3.63) is 65.2 Å². The molecule has 120 valence electrons. The highest BCUT2D eigenvalue weighted by atomic mass is 15.3. The lowest BCUT2D eigenvalue weighted by atomic mass is 9.90. The molecular formula is C21H26N2. The van der Waals surface area contributed by atoms with Gasteiger partial charge in [0.15, 0.2) is 0 Å². The summed E-state index contributed by atoms with van der Waals surface area (Å²) < 4.78 is 0. The number of piperazine rings is 1. The number of fused-ring (bicyclic) bond motifs is 1. The van der Waals surface area contributed by atoms with E-state index < -0.39 is 0 Å². The van der Waals surface area contributed by atoms with Crippen LogP contribution in [0.1, 0.15) is 29.5 Å². The van der Waals surface area contributed by atoms with E-state index in [0.29, 0.717) is 0 Å². The van der Waals surface area contributed by atoms with Crippen LogP contribution in [0.15, 0.2) is 48.5 Å². The first-order valence-corrected chi connectivity index (χ1v) is 9.02. The molecule has 2 aliphatic rings. The van der Waals surface area contributed by atoms with Crippen molar-refractivity contribution in [3.8, 4) is 0 Å². The molecule has 1 aliphatic heterocycles. The Morgan fingerprint density at radius 3 is 2.35 bits per heavy atom. The van der Waals surface area contributed by atoms with Crippen molar-refractivity contribution in [3.63, 3.8) is 0 Å². The van der Waals surface area contributed by atoms with Crippen LogP contribution in [0.4, 0.5) is 5.69 Å². The summed E-state index contributed by atoms with van der Waals surface area (Å²) in [5, 5.41) is 0. The first-order valence-electron chi connectivity index (χ1n) is 9.02. The summed E-state index contributed by atoms with van der Waals surface area (Å²) in [6.45, 7) is 5.73. The van der Waals surface area contributed by atoms with Gasteiger partial charge >= 0.3 is 0 Å². The summed E-state index contributed by atoms with van der Waals surface area (Å²) in [6.07, 6.45) is 5.27. The van der Waals surface area contributed by atoms with Gasteiger partial charge in [-0.05, 0) is 48.4 Å². The Bertz CT molecular complexity index is 642. The maximum Gasteiger partial charge on any atom is 0.0402 e. The van der Waals surface area contributed by atoms with Crippen molar-refractivity contribution in [1.29, 1.82) is 0 Å². The van der Waals surface area contributed by atoms with E-state index >= 15 is 0 Å². The highest BCUT2D eigenvalue weighted by Gasteiger charge is 2.21. The molecule has 0 unspecified atom stereocenters. The van der Waals surface area contributed by atoms with E-state index in [1.54, 1.807) is 11.1 Å². The normalized spacial score (nSPS) is 18.7. The number of aryl methyl sites for hydroxylation is 1. The van der Waals surface area contributed by atoms with Gasteiger partial charge in [-0.1, -0.05) is 42.5 Å². The molecule has 0 N–H and O–H groups in total. The Kier molecular flexibility index (Phi) is 4.34. The third-order valence-electron chi connectivity index (χ3n) is 5.33. The standard InChI is InChI=1S/C21H26N2/c1-2-7-18(8-3-1)17-22-13-15-23(16-14-22)21-12-6-10-19-9-4-5-11-20(19)21/h1-3,6-8,10,12H,4-5,9,11,13-17H2. The molecule has 2 aromatic carbocycles. The topological polar surface area (TPSA) is 6.48 Å². The number of anilines is 1. The van der Waals surface area contributed by atoms with Gasteiger partial charge in [0, 0.05) is 38.4 Å². The van der Waals surface area contributed by atoms with Crippen LogP contribution in [-0.2, 0) is 19.4 Å². The minimum absolute atomic E-state index is 1.08. The maximum atomic E-state index is 2.62. The summed E-state index contributed by atoms with van der Waals surface area (Å²) in [5.74, 6) is 0. The van der Waals surface area contributed by atoms with Crippen molar-refractivity contribution in [1.82, 2.24) is 4.90 Å². The first kappa shape index (κ1) is 14.8. The van der Waals surface area contributed by atoms with Crippen LogP contribution in [0.2, 0.25) is 0 Å². The first-order chi connectivity index (χ1) is 11.4. The van der Waals surface area contributed by atoms with Gasteiger partial charge in [0.05, 0.1) is 0 Å². The van der Waals surface area contributed by atoms with E-state index in [1.165, 1.54) is 50.0 Å². The van der Waals surface area contributed by atoms with E-state index in [1.807, 2.05) is 0 Å². The summed E-state index contributed by atoms with van der Waals surface area (Å²) in [5.41, 5.74) is 6.18. The molecule has 0 aromatic heterocycles. The fourth-order valence-electron chi connectivity index (χ4n) is 4.05. The number of benzene rings is 2. The van der Waals surface area contributed by atoms with Crippen molar-refractivity contribution in [2.75, 3.05) is 31.1 Å². The zero-order valence-electron chi connectivity index (χ0n) is 13.9. The van der Waals surface area contributed by atoms with Crippen LogP contribution in [0.3, 0.4) is 0 Å². The van der Waals surface area contributed by atoms with Crippen molar-refractivity contribution in [2.24, 2.45) is 0 Å². The second-order valence-electron chi connectivity index (χ2n) is 6.87. The van der Waals surface area contributed by atoms with Gasteiger partial charge in [0.1, 0.15) is 0 Å². The Morgan fingerprint density at radius 2 is 1.52 bits per heavy atom. The molecule has 2 aromatic rings. The molecule has 1 aliphatic carbocycles. The van der Waals surface area contributed by atoms with Gasteiger partial charge < -0.3 is 4.90 Å². The highest BCUT2D eigenvalue weighted by molar-refractivity contribution is 5.58. The Hall–Kier alpha value is -1.80. The van der Waals surface area contributed by atoms with Crippen LogP contribution in [0.5, 0.6) is 0 Å². The van der Waals surface area contributed by atoms with Crippen LogP contribution >= 0.6 is 0 Å². The van der Waals surface area contributed by atoms with Crippen molar-refractivity contribution < 1.29 is 0 Å². The Labute approximate surface area is 139 Å². The molecule has 23 heavy (non-hydrogen) atoms. The Balaban J connectivity index is 1.42. The van der Waals surface area contributed by atoms with Gasteiger partial charge in [0.2, 0.25) is 0 Å². The zero-order chi connectivity index (χ0) is 15.5. The lowest BCUT2D eigenvalue weighted by Gasteiger charge is -2.38. The summed E-state index contributed by atoms with van der Waals surface area (Å²) in [6, 6.07) is 17.8. The molecular weight excluding hydrogens is 280 g/mol. The molecule has 1 heterocycles. The zero-order valence-corrected chi connectivity index (χ0v) is 13.9. The second kappa shape index (κ2) is 6.76. The van der Waals surface area contributed by atoms with E-state index in [0.717, 1.165) is 19.6 Å². The van der Waals surface area contributed by atoms with Crippen LogP contribution in [0.25, 0.3) is 0 Å². The van der Waals surface area contributed by atoms with Gasteiger partial charge in [-0.25, -0.2) is 0 Å². The summed E-state index contributed by atoms with van der Waals surface area (Å²) >= 11 is 0. The van der Waals surface area contributed by atoms with Gasteiger partial charge in [0.25, 0.3) is 0 Å². The maximum absolute atomic E-state index is 2.62. The average Bonchev–Trinajstić information content (AvgIpc) is 2.63. The monoisotopic (exact) mass is 306 g/mol. The quantitative estimate of drug-likeness (QED) is 0.849. The minimum Gasteiger partial charge on any atom is -0.369 e. The fourth-order valence-corrected chi connectivity index (χ4v) is 4.05. The van der Waals surface area contributed by atoms with Crippen molar-refractivity contribution >= 4 is 5.69 Å². The van der Waals surface area contributed by atoms with Gasteiger partial charge in [-0.3, -0.25) is 4.90 Å². The molecule has 0 radical (unpaired) electrons. The number of hydrogen-bond donors (Lipinski definition) is 0. The number of rotatable bonds is 3. The van der Waals surface area contributed by atoms with Crippen molar-refractivity contribution in [2.45, 2.75) is 32.2 Å². The molecule has 1 saturated heterocycles. The lowest BCUT2D eigenvalue weighted by Crippen LogP contribution is -2.46. The average molecular weight is 306 g/mol. The van der Waals surface area contributed by atoms with Crippen LogP contribution < -0.4 is 4.90 Å². The third-order valence-corrected chi connectivity index (χ3v) is 5.33. The van der Waals surface area contributed by atoms with E-state index in [9.17, 15) is 0 Å². The molecule has 4 rings (SSSR count). The summed E-state index contributed by atoms with van der Waals surface area (Å²) in [7, 11) is 0. The largest absolute Gasteiger partial charge is 0.369 e.